The third-order valence-corrected chi connectivity index (χ3v) is 1.99. The first-order valence-electron chi connectivity index (χ1n) is 5.32. The molecule has 0 aliphatic heterocycles. The van der Waals surface area contributed by atoms with Crippen LogP contribution in [0.1, 0.15) is 12.6 Å². The highest BCUT2D eigenvalue weighted by atomic mass is 19.4. The molecule has 0 aromatic carbocycles. The van der Waals surface area contributed by atoms with E-state index in [4.69, 9.17) is 0 Å². The number of carbonyl (C=O) groups is 2. The Balaban J connectivity index is 2.84. The Morgan fingerprint density at radius 3 is 2.63 bits per heavy atom. The van der Waals surface area contributed by atoms with Crippen molar-refractivity contribution in [3.8, 4) is 0 Å². The lowest BCUT2D eigenvalue weighted by Crippen LogP contribution is -2.31. The first-order valence-corrected chi connectivity index (χ1v) is 5.32. The molecule has 0 bridgehead atoms. The number of aromatic nitrogens is 2. The van der Waals surface area contributed by atoms with Crippen LogP contribution in [0.3, 0.4) is 0 Å². The number of ether oxygens (including phenoxy) is 1. The van der Waals surface area contributed by atoms with Crippen LogP contribution in [0.4, 0.5) is 19.0 Å². The van der Waals surface area contributed by atoms with E-state index in [-0.39, 0.29) is 19.0 Å². The number of hydrogen-bond acceptors (Lipinski definition) is 4. The Bertz CT molecular complexity index is 482. The summed E-state index contributed by atoms with van der Waals surface area (Å²) < 4.78 is 42.0. The van der Waals surface area contributed by atoms with Crippen LogP contribution < -0.4 is 5.32 Å². The SMILES string of the molecule is CCOC(=O)Cn1nc(C)cc1NC(=O)C(F)(F)F. The van der Waals surface area contributed by atoms with Gasteiger partial charge in [-0.1, -0.05) is 0 Å². The molecule has 9 heteroatoms. The highest BCUT2D eigenvalue weighted by molar-refractivity contribution is 5.94. The topological polar surface area (TPSA) is 73.2 Å². The van der Waals surface area contributed by atoms with Crippen molar-refractivity contribution < 1.29 is 27.5 Å². The Morgan fingerprint density at radius 2 is 2.11 bits per heavy atom. The standard InChI is InChI=1S/C10H12F3N3O3/c1-3-19-8(17)5-16-7(4-6(2)15-16)14-9(18)10(11,12)13/h4H,3,5H2,1-2H3,(H,14,18). The van der Waals surface area contributed by atoms with Gasteiger partial charge in [-0.25, -0.2) is 4.68 Å². The maximum Gasteiger partial charge on any atom is 0.471 e. The normalized spacial score (nSPS) is 11.2. The van der Waals surface area contributed by atoms with Crippen LogP contribution in [-0.2, 0) is 20.9 Å². The van der Waals surface area contributed by atoms with Crippen molar-refractivity contribution in [1.29, 1.82) is 0 Å². The fourth-order valence-electron chi connectivity index (χ4n) is 1.28. The van der Waals surface area contributed by atoms with Gasteiger partial charge in [0.2, 0.25) is 0 Å². The van der Waals surface area contributed by atoms with Crippen LogP contribution in [-0.4, -0.2) is 34.4 Å². The molecule has 1 rings (SSSR count). The Morgan fingerprint density at radius 1 is 1.47 bits per heavy atom. The van der Waals surface area contributed by atoms with Crippen LogP contribution in [0.2, 0.25) is 0 Å². The Hall–Kier alpha value is -2.06. The van der Waals surface area contributed by atoms with Crippen molar-refractivity contribution in [3.63, 3.8) is 0 Å². The number of halogens is 3. The number of anilines is 1. The summed E-state index contributed by atoms with van der Waals surface area (Å²) in [4.78, 5) is 22.1. The molecule has 0 fully saturated rings. The summed E-state index contributed by atoms with van der Waals surface area (Å²) in [5.74, 6) is -3.00. The summed E-state index contributed by atoms with van der Waals surface area (Å²) in [6.45, 7) is 2.88. The molecule has 1 aromatic rings. The molecular formula is C10H12F3N3O3. The van der Waals surface area contributed by atoms with Gasteiger partial charge in [0.1, 0.15) is 12.4 Å². The molecule has 0 unspecified atom stereocenters. The second-order valence-electron chi connectivity index (χ2n) is 3.59. The third kappa shape index (κ3) is 4.27. The molecule has 0 aliphatic rings. The molecule has 0 saturated carbocycles. The molecule has 19 heavy (non-hydrogen) atoms. The van der Waals surface area contributed by atoms with Gasteiger partial charge in [-0.05, 0) is 13.8 Å². The maximum atomic E-state index is 12.1. The van der Waals surface area contributed by atoms with E-state index in [2.05, 4.69) is 9.84 Å². The van der Waals surface area contributed by atoms with E-state index >= 15 is 0 Å². The Labute approximate surface area is 106 Å². The minimum Gasteiger partial charge on any atom is -0.465 e. The number of nitrogens with zero attached hydrogens (tertiary/aromatic N) is 2. The second-order valence-corrected chi connectivity index (χ2v) is 3.59. The zero-order chi connectivity index (χ0) is 14.6. The van der Waals surface area contributed by atoms with Crippen LogP contribution in [0, 0.1) is 6.92 Å². The zero-order valence-corrected chi connectivity index (χ0v) is 10.2. The van der Waals surface area contributed by atoms with E-state index in [0.29, 0.717) is 5.69 Å². The van der Waals surface area contributed by atoms with Gasteiger partial charge in [0.25, 0.3) is 0 Å². The molecule has 0 radical (unpaired) electrons. The molecule has 1 N–H and O–H groups in total. The van der Waals surface area contributed by atoms with Crippen molar-refractivity contribution in [1.82, 2.24) is 9.78 Å². The van der Waals surface area contributed by atoms with Gasteiger partial charge < -0.3 is 10.1 Å². The lowest BCUT2D eigenvalue weighted by atomic mass is 10.4. The zero-order valence-electron chi connectivity index (χ0n) is 10.2. The molecule has 0 saturated heterocycles. The number of alkyl halides is 3. The van der Waals surface area contributed by atoms with E-state index in [1.807, 2.05) is 0 Å². The van der Waals surface area contributed by atoms with Gasteiger partial charge in [-0.3, -0.25) is 9.59 Å². The first kappa shape index (κ1) is 15.0. The minimum absolute atomic E-state index is 0.142. The molecule has 0 atom stereocenters. The van der Waals surface area contributed by atoms with Crippen LogP contribution >= 0.6 is 0 Å². The molecule has 0 spiro atoms. The average molecular weight is 279 g/mol. The van der Waals surface area contributed by atoms with Crippen molar-refractivity contribution in [3.05, 3.63) is 11.8 Å². The molecule has 1 amide bonds. The number of esters is 1. The monoisotopic (exact) mass is 279 g/mol. The van der Waals surface area contributed by atoms with Crippen molar-refractivity contribution >= 4 is 17.7 Å². The highest BCUT2D eigenvalue weighted by Gasteiger charge is 2.39. The van der Waals surface area contributed by atoms with Gasteiger partial charge in [-0.15, -0.1) is 0 Å². The van der Waals surface area contributed by atoms with E-state index in [1.165, 1.54) is 13.0 Å². The quantitative estimate of drug-likeness (QED) is 0.842. The first-order chi connectivity index (χ1) is 8.74. The summed E-state index contributed by atoms with van der Waals surface area (Å²) in [6, 6.07) is 1.23. The average Bonchev–Trinajstić information content (AvgIpc) is 2.57. The fourth-order valence-corrected chi connectivity index (χ4v) is 1.28. The summed E-state index contributed by atoms with van der Waals surface area (Å²) in [6.07, 6.45) is -5.01. The van der Waals surface area contributed by atoms with Gasteiger partial charge in [0.05, 0.1) is 12.3 Å². The van der Waals surface area contributed by atoms with Gasteiger partial charge in [-0.2, -0.15) is 18.3 Å². The number of amides is 1. The lowest BCUT2D eigenvalue weighted by molar-refractivity contribution is -0.167. The molecular weight excluding hydrogens is 267 g/mol. The van der Waals surface area contributed by atoms with Gasteiger partial charge in [0, 0.05) is 6.07 Å². The highest BCUT2D eigenvalue weighted by Crippen LogP contribution is 2.18. The predicted molar refractivity (Wildman–Crippen MR) is 58.3 cm³/mol. The Kier molecular flexibility index (Phi) is 4.52. The third-order valence-electron chi connectivity index (χ3n) is 1.99. The minimum atomic E-state index is -5.01. The van der Waals surface area contributed by atoms with Crippen LogP contribution in [0.5, 0.6) is 0 Å². The number of rotatable bonds is 4. The van der Waals surface area contributed by atoms with Gasteiger partial charge >= 0.3 is 18.1 Å². The number of aryl methyl sites for hydroxylation is 1. The largest absolute Gasteiger partial charge is 0.471 e. The van der Waals surface area contributed by atoms with Gasteiger partial charge in [0.15, 0.2) is 0 Å². The van der Waals surface area contributed by atoms with Crippen LogP contribution in [0.15, 0.2) is 6.07 Å². The molecule has 0 aliphatic carbocycles. The van der Waals surface area contributed by atoms with Crippen molar-refractivity contribution in [2.45, 2.75) is 26.6 Å². The van der Waals surface area contributed by atoms with E-state index in [1.54, 1.807) is 12.2 Å². The number of carbonyl (C=O) groups excluding carboxylic acids is 2. The molecule has 1 heterocycles. The summed E-state index contributed by atoms with van der Waals surface area (Å²) >= 11 is 0. The summed E-state index contributed by atoms with van der Waals surface area (Å²) in [5.41, 5.74) is 0.363. The summed E-state index contributed by atoms with van der Waals surface area (Å²) in [7, 11) is 0. The lowest BCUT2D eigenvalue weighted by Gasteiger charge is -2.09. The fraction of sp³-hybridized carbons (Fsp3) is 0.500. The molecule has 6 nitrogen and oxygen atoms in total. The van der Waals surface area contributed by atoms with E-state index < -0.39 is 18.1 Å². The van der Waals surface area contributed by atoms with E-state index in [0.717, 1.165) is 4.68 Å². The summed E-state index contributed by atoms with van der Waals surface area (Å²) in [5, 5.41) is 5.45. The van der Waals surface area contributed by atoms with Crippen molar-refractivity contribution in [2.75, 3.05) is 11.9 Å². The molecule has 1 aromatic heterocycles. The maximum absolute atomic E-state index is 12.1. The second kappa shape index (κ2) is 5.72. The molecule has 106 valence electrons. The van der Waals surface area contributed by atoms with E-state index in [9.17, 15) is 22.8 Å². The predicted octanol–water partition coefficient (Wildman–Crippen LogP) is 1.26. The number of nitrogens with one attached hydrogen (secondary N) is 1. The smallest absolute Gasteiger partial charge is 0.465 e. The number of hydrogen-bond donors (Lipinski definition) is 1. The van der Waals surface area contributed by atoms with Crippen molar-refractivity contribution in [2.24, 2.45) is 0 Å². The van der Waals surface area contributed by atoms with Crippen LogP contribution in [0.25, 0.3) is 0 Å².